The lowest BCUT2D eigenvalue weighted by Gasteiger charge is -2.28. The minimum Gasteiger partial charge on any atom is -0.508 e. The van der Waals surface area contributed by atoms with E-state index in [4.69, 9.17) is 12.2 Å². The van der Waals surface area contributed by atoms with Gasteiger partial charge in [0.15, 0.2) is 5.11 Å². The van der Waals surface area contributed by atoms with Crippen molar-refractivity contribution >= 4 is 23.0 Å². The number of aryl methyl sites for hydroxylation is 1. The first-order valence-corrected chi connectivity index (χ1v) is 8.47. The Kier molecular flexibility index (Phi) is 3.89. The number of phenolic OH excluding ortho intramolecular Hbond substituents is 1. The number of rotatable bonds is 3. The Morgan fingerprint density at radius 3 is 2.52 bits per heavy atom. The van der Waals surface area contributed by atoms with Crippen molar-refractivity contribution in [3.05, 3.63) is 78.4 Å². The molecule has 1 aromatic carbocycles. The van der Waals surface area contributed by atoms with Gasteiger partial charge in [0.25, 0.3) is 0 Å². The lowest BCUT2D eigenvalue weighted by Crippen LogP contribution is -2.30. The van der Waals surface area contributed by atoms with Crippen LogP contribution in [0.25, 0.3) is 0 Å². The van der Waals surface area contributed by atoms with Gasteiger partial charge in [-0.3, -0.25) is 4.98 Å². The molecule has 1 fully saturated rings. The highest BCUT2D eigenvalue weighted by molar-refractivity contribution is 7.80. The molecule has 0 saturated carbocycles. The maximum absolute atomic E-state index is 9.61. The molecule has 0 unspecified atom stereocenters. The summed E-state index contributed by atoms with van der Waals surface area (Å²) in [6.07, 6.45) is 3.83. The lowest BCUT2D eigenvalue weighted by molar-refractivity contribution is 0.475. The number of nitrogens with zero attached hydrogens (tertiary/aromatic N) is 3. The van der Waals surface area contributed by atoms with E-state index in [0.717, 1.165) is 17.1 Å². The molecule has 3 heterocycles. The first-order valence-electron chi connectivity index (χ1n) is 8.06. The smallest absolute Gasteiger partial charge is 0.174 e. The summed E-state index contributed by atoms with van der Waals surface area (Å²) in [4.78, 5) is 6.62. The van der Waals surface area contributed by atoms with Gasteiger partial charge in [0.1, 0.15) is 11.8 Å². The lowest BCUT2D eigenvalue weighted by atomic mass is 10.0. The minimum absolute atomic E-state index is 0.0352. The number of benzene rings is 1. The number of phenols is 1. The highest BCUT2D eigenvalue weighted by Crippen LogP contribution is 2.41. The first kappa shape index (κ1) is 15.7. The molecule has 0 radical (unpaired) electrons. The molecule has 2 N–H and O–H groups in total. The number of aromatic hydroxyl groups is 1. The van der Waals surface area contributed by atoms with Crippen molar-refractivity contribution in [1.82, 2.24) is 14.9 Å². The van der Waals surface area contributed by atoms with E-state index >= 15 is 0 Å². The first-order chi connectivity index (χ1) is 12.1. The fraction of sp³-hybridized carbons (Fsp3) is 0.158. The molecule has 0 aliphatic carbocycles. The van der Waals surface area contributed by atoms with Crippen LogP contribution in [0.2, 0.25) is 0 Å². The summed E-state index contributed by atoms with van der Waals surface area (Å²) in [5, 5.41) is 13.7. The predicted octanol–water partition coefficient (Wildman–Crippen LogP) is 3.30. The van der Waals surface area contributed by atoms with Gasteiger partial charge in [-0.15, -0.1) is 0 Å². The Bertz CT molecular complexity index is 891. The maximum Gasteiger partial charge on any atom is 0.174 e. The van der Waals surface area contributed by atoms with Crippen LogP contribution in [0.5, 0.6) is 5.75 Å². The summed E-state index contributed by atoms with van der Waals surface area (Å²) in [6, 6.07) is 17.0. The molecular formula is C19H18N4OS. The summed E-state index contributed by atoms with van der Waals surface area (Å²) in [6.45, 7) is 0. The van der Waals surface area contributed by atoms with Crippen molar-refractivity contribution in [2.75, 3.05) is 4.90 Å². The van der Waals surface area contributed by atoms with Crippen LogP contribution in [0.15, 0.2) is 67.0 Å². The van der Waals surface area contributed by atoms with Crippen molar-refractivity contribution in [3.8, 4) is 5.75 Å². The molecule has 3 aromatic rings. The molecule has 126 valence electrons. The second kappa shape index (κ2) is 6.22. The van der Waals surface area contributed by atoms with Gasteiger partial charge >= 0.3 is 0 Å². The third-order valence-corrected chi connectivity index (χ3v) is 4.83. The quantitative estimate of drug-likeness (QED) is 0.710. The molecule has 6 heteroatoms. The van der Waals surface area contributed by atoms with Crippen molar-refractivity contribution < 1.29 is 5.11 Å². The predicted molar refractivity (Wildman–Crippen MR) is 101 cm³/mol. The zero-order valence-electron chi connectivity index (χ0n) is 13.7. The van der Waals surface area contributed by atoms with Gasteiger partial charge in [-0.25, -0.2) is 0 Å². The van der Waals surface area contributed by atoms with E-state index in [1.807, 2.05) is 49.6 Å². The largest absolute Gasteiger partial charge is 0.508 e. The molecule has 0 bridgehead atoms. The summed E-state index contributed by atoms with van der Waals surface area (Å²) in [7, 11) is 2.03. The van der Waals surface area contributed by atoms with Crippen LogP contribution < -0.4 is 10.2 Å². The van der Waals surface area contributed by atoms with Crippen LogP contribution in [-0.2, 0) is 7.05 Å². The second-order valence-electron chi connectivity index (χ2n) is 6.06. The average Bonchev–Trinajstić information content (AvgIpc) is 3.19. The van der Waals surface area contributed by atoms with Crippen molar-refractivity contribution in [2.24, 2.45) is 7.05 Å². The number of aromatic nitrogens is 2. The Morgan fingerprint density at radius 1 is 1.08 bits per heavy atom. The van der Waals surface area contributed by atoms with Gasteiger partial charge in [0.05, 0.1) is 11.7 Å². The summed E-state index contributed by atoms with van der Waals surface area (Å²) < 4.78 is 2.10. The van der Waals surface area contributed by atoms with Gasteiger partial charge < -0.3 is 19.9 Å². The molecule has 2 atom stereocenters. The third-order valence-electron chi connectivity index (χ3n) is 4.51. The maximum atomic E-state index is 9.61. The van der Waals surface area contributed by atoms with Gasteiger partial charge in [-0.2, -0.15) is 0 Å². The number of thiocarbonyl (C=S) groups is 1. The molecular weight excluding hydrogens is 332 g/mol. The highest BCUT2D eigenvalue weighted by Gasteiger charge is 2.41. The Morgan fingerprint density at radius 2 is 1.88 bits per heavy atom. The molecule has 0 amide bonds. The fourth-order valence-corrected chi connectivity index (χ4v) is 3.67. The zero-order valence-corrected chi connectivity index (χ0v) is 14.5. The van der Waals surface area contributed by atoms with E-state index in [9.17, 15) is 5.11 Å². The van der Waals surface area contributed by atoms with Gasteiger partial charge in [-0.1, -0.05) is 6.07 Å². The van der Waals surface area contributed by atoms with E-state index in [2.05, 4.69) is 25.8 Å². The number of pyridine rings is 1. The highest BCUT2D eigenvalue weighted by atomic mass is 32.1. The van der Waals surface area contributed by atoms with Crippen LogP contribution in [0, 0.1) is 0 Å². The molecule has 4 rings (SSSR count). The van der Waals surface area contributed by atoms with Crippen molar-refractivity contribution in [1.29, 1.82) is 0 Å². The molecule has 2 aromatic heterocycles. The Hall–Kier alpha value is -2.86. The van der Waals surface area contributed by atoms with Gasteiger partial charge in [0.2, 0.25) is 0 Å². The van der Waals surface area contributed by atoms with E-state index in [0.29, 0.717) is 5.11 Å². The van der Waals surface area contributed by atoms with E-state index in [1.165, 1.54) is 0 Å². The van der Waals surface area contributed by atoms with Crippen LogP contribution in [0.4, 0.5) is 5.69 Å². The topological polar surface area (TPSA) is 53.3 Å². The molecule has 1 saturated heterocycles. The monoisotopic (exact) mass is 350 g/mol. The SMILES string of the molecule is Cn1cccc1[C@H]1[C@@H](c2ccccn2)NC(=S)N1c1ccc(O)cc1. The number of hydrogen-bond donors (Lipinski definition) is 2. The number of nitrogens with one attached hydrogen (secondary N) is 1. The Labute approximate surface area is 151 Å². The van der Waals surface area contributed by atoms with Crippen LogP contribution >= 0.6 is 12.2 Å². The zero-order chi connectivity index (χ0) is 17.4. The normalized spacial score (nSPS) is 19.9. The molecule has 1 aliphatic rings. The van der Waals surface area contributed by atoms with Gasteiger partial charge in [-0.05, 0) is 60.7 Å². The second-order valence-corrected chi connectivity index (χ2v) is 6.44. The number of hydrogen-bond acceptors (Lipinski definition) is 3. The number of anilines is 1. The van der Waals surface area contributed by atoms with Crippen molar-refractivity contribution in [3.63, 3.8) is 0 Å². The van der Waals surface area contributed by atoms with Crippen molar-refractivity contribution in [2.45, 2.75) is 12.1 Å². The molecule has 1 aliphatic heterocycles. The summed E-state index contributed by atoms with van der Waals surface area (Å²) in [5.41, 5.74) is 3.01. The average molecular weight is 350 g/mol. The van der Waals surface area contributed by atoms with E-state index in [-0.39, 0.29) is 17.8 Å². The molecule has 25 heavy (non-hydrogen) atoms. The Balaban J connectivity index is 1.83. The molecule has 5 nitrogen and oxygen atoms in total. The summed E-state index contributed by atoms with van der Waals surface area (Å²) >= 11 is 5.64. The third kappa shape index (κ3) is 2.74. The van der Waals surface area contributed by atoms with Gasteiger partial charge in [0, 0.05) is 30.8 Å². The van der Waals surface area contributed by atoms with Crippen LogP contribution in [-0.4, -0.2) is 19.8 Å². The minimum atomic E-state index is -0.0592. The van der Waals surface area contributed by atoms with E-state index in [1.54, 1.807) is 18.3 Å². The molecule has 0 spiro atoms. The summed E-state index contributed by atoms with van der Waals surface area (Å²) in [5.74, 6) is 0.235. The van der Waals surface area contributed by atoms with Crippen LogP contribution in [0.3, 0.4) is 0 Å². The fourth-order valence-electron chi connectivity index (χ4n) is 3.33. The van der Waals surface area contributed by atoms with E-state index < -0.39 is 0 Å². The van der Waals surface area contributed by atoms with Crippen LogP contribution in [0.1, 0.15) is 23.5 Å². The standard InChI is InChI=1S/C19H18N4OS/c1-22-12-4-6-16(22)18-17(15-5-2-3-11-20-15)21-19(25)23(18)13-7-9-14(24)10-8-13/h2-12,17-18,24H,1H3,(H,21,25)/t17-,18+/m1/s1.